The fraction of sp³-hybridized carbons (Fsp3) is 0.158. The number of thiophene rings is 1. The van der Waals surface area contributed by atoms with E-state index in [0.29, 0.717) is 18.1 Å². The first-order valence-corrected chi connectivity index (χ1v) is 10.3. The van der Waals surface area contributed by atoms with E-state index in [1.807, 2.05) is 41.8 Å². The van der Waals surface area contributed by atoms with Crippen molar-refractivity contribution in [2.24, 2.45) is 0 Å². The van der Waals surface area contributed by atoms with Gasteiger partial charge in [0, 0.05) is 22.4 Å². The number of aromatic nitrogens is 1. The summed E-state index contributed by atoms with van der Waals surface area (Å²) in [5, 5.41) is 3.38. The quantitative estimate of drug-likeness (QED) is 0.441. The topological polar surface area (TPSA) is 33.2 Å². The fourth-order valence-corrected chi connectivity index (χ4v) is 4.69. The highest BCUT2D eigenvalue weighted by atomic mass is 35.5. The van der Waals surface area contributed by atoms with Gasteiger partial charge < -0.3 is 4.90 Å². The Balaban J connectivity index is 1.71. The van der Waals surface area contributed by atoms with Crippen molar-refractivity contribution in [1.29, 1.82) is 0 Å². The van der Waals surface area contributed by atoms with Crippen LogP contribution in [0.4, 0.5) is 0 Å². The Labute approximate surface area is 170 Å². The number of rotatable bonds is 7. The molecule has 0 bridgehead atoms. The minimum Gasteiger partial charge on any atom is -0.334 e. The molecule has 0 unspecified atom stereocenters. The Morgan fingerprint density at radius 2 is 2.04 bits per heavy atom. The van der Waals surface area contributed by atoms with Gasteiger partial charge in [-0.05, 0) is 18.2 Å². The van der Waals surface area contributed by atoms with Crippen LogP contribution in [0.25, 0.3) is 10.6 Å². The van der Waals surface area contributed by atoms with Gasteiger partial charge in [-0.25, -0.2) is 4.98 Å². The Bertz CT molecular complexity index is 920. The molecule has 1 aromatic carbocycles. The third-order valence-corrected chi connectivity index (χ3v) is 6.14. The highest BCUT2D eigenvalue weighted by Gasteiger charge is 2.17. The third-order valence-electron chi connectivity index (χ3n) is 3.67. The third kappa shape index (κ3) is 4.74. The number of hydrogen-bond donors (Lipinski definition) is 0. The lowest BCUT2D eigenvalue weighted by Gasteiger charge is -2.20. The molecule has 7 heteroatoms. The molecule has 0 radical (unpaired) electrons. The number of thiazole rings is 1. The van der Waals surface area contributed by atoms with Gasteiger partial charge in [0.2, 0.25) is 5.91 Å². The molecule has 0 N–H and O–H groups in total. The van der Waals surface area contributed by atoms with Gasteiger partial charge in [0.15, 0.2) is 0 Å². The summed E-state index contributed by atoms with van der Waals surface area (Å²) >= 11 is 15.2. The standard InChI is InChI=1S/C19H16Cl2N2OS2/c1-2-9-23(11-14-7-8-17(21)26-14)18(24)10-13-12-25-19(22-13)15-5-3-4-6-16(15)20/h2-8,12H,1,9-11H2. The summed E-state index contributed by atoms with van der Waals surface area (Å²) < 4.78 is 0.717. The van der Waals surface area contributed by atoms with Gasteiger partial charge in [-0.15, -0.1) is 29.3 Å². The predicted molar refractivity (Wildman–Crippen MR) is 111 cm³/mol. The van der Waals surface area contributed by atoms with E-state index in [4.69, 9.17) is 23.2 Å². The Hall–Kier alpha value is -1.66. The van der Waals surface area contributed by atoms with E-state index in [1.54, 1.807) is 11.0 Å². The van der Waals surface area contributed by atoms with E-state index >= 15 is 0 Å². The molecule has 0 aliphatic carbocycles. The summed E-state index contributed by atoms with van der Waals surface area (Å²) in [5.41, 5.74) is 1.63. The van der Waals surface area contributed by atoms with E-state index < -0.39 is 0 Å². The second-order valence-electron chi connectivity index (χ2n) is 5.57. The van der Waals surface area contributed by atoms with Gasteiger partial charge in [-0.3, -0.25) is 4.79 Å². The van der Waals surface area contributed by atoms with Crippen LogP contribution >= 0.6 is 45.9 Å². The molecule has 0 spiro atoms. The SMILES string of the molecule is C=CCN(Cc1ccc(Cl)s1)C(=O)Cc1csc(-c2ccccc2Cl)n1. The molecule has 3 aromatic rings. The number of carbonyl (C=O) groups excluding carboxylic acids is 1. The van der Waals surface area contributed by atoms with Crippen molar-refractivity contribution in [2.45, 2.75) is 13.0 Å². The summed E-state index contributed by atoms with van der Waals surface area (Å²) in [4.78, 5) is 20.1. The molecule has 0 saturated heterocycles. The fourth-order valence-electron chi connectivity index (χ4n) is 2.45. The largest absolute Gasteiger partial charge is 0.334 e. The summed E-state index contributed by atoms with van der Waals surface area (Å²) in [6.45, 7) is 4.75. The summed E-state index contributed by atoms with van der Waals surface area (Å²) in [6.07, 6.45) is 1.97. The lowest BCUT2D eigenvalue weighted by Crippen LogP contribution is -2.31. The molecular weight excluding hydrogens is 407 g/mol. The molecule has 0 saturated carbocycles. The van der Waals surface area contributed by atoms with Crippen molar-refractivity contribution in [2.75, 3.05) is 6.54 Å². The first kappa shape index (κ1) is 19.1. The van der Waals surface area contributed by atoms with Crippen LogP contribution in [0.15, 0.2) is 54.4 Å². The molecular formula is C19H16Cl2N2OS2. The first-order valence-electron chi connectivity index (χ1n) is 7.89. The zero-order valence-electron chi connectivity index (χ0n) is 13.8. The van der Waals surface area contributed by atoms with Gasteiger partial charge >= 0.3 is 0 Å². The van der Waals surface area contributed by atoms with Crippen molar-refractivity contribution in [3.63, 3.8) is 0 Å². The smallest absolute Gasteiger partial charge is 0.229 e. The minimum atomic E-state index is 0.00503. The lowest BCUT2D eigenvalue weighted by atomic mass is 10.2. The van der Waals surface area contributed by atoms with Crippen molar-refractivity contribution in [3.05, 3.63) is 74.4 Å². The second kappa shape index (κ2) is 8.82. The molecule has 2 aromatic heterocycles. The Kier molecular flexibility index (Phi) is 6.48. The normalized spacial score (nSPS) is 10.7. The van der Waals surface area contributed by atoms with E-state index in [1.165, 1.54) is 22.7 Å². The summed E-state index contributed by atoms with van der Waals surface area (Å²) in [6, 6.07) is 11.3. The maximum Gasteiger partial charge on any atom is 0.229 e. The molecule has 0 aliphatic heterocycles. The van der Waals surface area contributed by atoms with E-state index in [-0.39, 0.29) is 12.3 Å². The van der Waals surface area contributed by atoms with E-state index in [9.17, 15) is 4.79 Å². The van der Waals surface area contributed by atoms with Crippen LogP contribution in [0.5, 0.6) is 0 Å². The molecule has 1 amide bonds. The number of nitrogens with zero attached hydrogens (tertiary/aromatic N) is 2. The average Bonchev–Trinajstić information content (AvgIpc) is 3.24. The van der Waals surface area contributed by atoms with Gasteiger partial charge in [0.1, 0.15) is 5.01 Å². The van der Waals surface area contributed by atoms with Crippen LogP contribution in [-0.4, -0.2) is 22.3 Å². The predicted octanol–water partition coefficient (Wildman–Crippen LogP) is 5.94. The number of amides is 1. The Morgan fingerprint density at radius 1 is 1.23 bits per heavy atom. The zero-order valence-corrected chi connectivity index (χ0v) is 17.0. The number of carbonyl (C=O) groups is 1. The van der Waals surface area contributed by atoms with Gasteiger partial charge in [0.05, 0.1) is 28.0 Å². The molecule has 0 aliphatic rings. The van der Waals surface area contributed by atoms with Crippen LogP contribution in [0.1, 0.15) is 10.6 Å². The molecule has 3 nitrogen and oxygen atoms in total. The van der Waals surface area contributed by atoms with Gasteiger partial charge in [-0.1, -0.05) is 47.5 Å². The maximum atomic E-state index is 12.7. The Morgan fingerprint density at radius 3 is 2.73 bits per heavy atom. The molecule has 0 atom stereocenters. The zero-order chi connectivity index (χ0) is 18.5. The lowest BCUT2D eigenvalue weighted by molar-refractivity contribution is -0.130. The van der Waals surface area contributed by atoms with Gasteiger partial charge in [-0.2, -0.15) is 0 Å². The maximum absolute atomic E-state index is 12.7. The van der Waals surface area contributed by atoms with Crippen molar-refractivity contribution >= 4 is 51.8 Å². The minimum absolute atomic E-state index is 0.00503. The van der Waals surface area contributed by atoms with Gasteiger partial charge in [0.25, 0.3) is 0 Å². The molecule has 3 rings (SSSR count). The average molecular weight is 423 g/mol. The molecule has 26 heavy (non-hydrogen) atoms. The summed E-state index contributed by atoms with van der Waals surface area (Å²) in [7, 11) is 0. The van der Waals surface area contributed by atoms with Crippen molar-refractivity contribution in [1.82, 2.24) is 9.88 Å². The van der Waals surface area contributed by atoms with Crippen LogP contribution in [0, 0.1) is 0 Å². The van der Waals surface area contributed by atoms with Crippen LogP contribution in [0.2, 0.25) is 9.36 Å². The monoisotopic (exact) mass is 422 g/mol. The molecule has 0 fully saturated rings. The van der Waals surface area contributed by atoms with Crippen molar-refractivity contribution in [3.8, 4) is 10.6 Å². The molecule has 134 valence electrons. The molecule has 2 heterocycles. The number of hydrogen-bond acceptors (Lipinski definition) is 4. The second-order valence-corrected chi connectivity index (χ2v) is 8.63. The first-order chi connectivity index (χ1) is 12.6. The van der Waals surface area contributed by atoms with Crippen molar-refractivity contribution < 1.29 is 4.79 Å². The summed E-state index contributed by atoms with van der Waals surface area (Å²) in [5.74, 6) is 0.00503. The highest BCUT2D eigenvalue weighted by Crippen LogP contribution is 2.30. The van der Waals surface area contributed by atoms with Crippen LogP contribution in [0.3, 0.4) is 0 Å². The van der Waals surface area contributed by atoms with E-state index in [2.05, 4.69) is 11.6 Å². The number of halogens is 2. The van der Waals surface area contributed by atoms with E-state index in [0.717, 1.165) is 25.5 Å². The highest BCUT2D eigenvalue weighted by molar-refractivity contribution is 7.16. The van der Waals surface area contributed by atoms with Crippen LogP contribution in [-0.2, 0) is 17.8 Å². The number of benzene rings is 1. The van der Waals surface area contributed by atoms with Crippen LogP contribution < -0.4 is 0 Å².